The van der Waals surface area contributed by atoms with E-state index < -0.39 is 0 Å². The van der Waals surface area contributed by atoms with E-state index in [0.717, 1.165) is 19.1 Å². The Morgan fingerprint density at radius 2 is 2.38 bits per heavy atom. The van der Waals surface area contributed by atoms with Crippen LogP contribution in [0.2, 0.25) is 0 Å². The van der Waals surface area contributed by atoms with Gasteiger partial charge in [0.15, 0.2) is 0 Å². The molecule has 0 saturated heterocycles. The summed E-state index contributed by atoms with van der Waals surface area (Å²) in [4.78, 5) is 2.63. The third-order valence-electron chi connectivity index (χ3n) is 3.34. The second kappa shape index (κ2) is 5.80. The lowest BCUT2D eigenvalue weighted by atomic mass is 10.1. The highest BCUT2D eigenvalue weighted by molar-refractivity contribution is 7.07. The molecule has 1 fully saturated rings. The van der Waals surface area contributed by atoms with Crippen LogP contribution in [-0.4, -0.2) is 24.0 Å². The SMILES string of the molecule is CC(CN)CCN(Cc1ccsc1)C1CC1. The zero-order chi connectivity index (χ0) is 11.4. The van der Waals surface area contributed by atoms with Crippen molar-refractivity contribution in [1.82, 2.24) is 4.90 Å². The van der Waals surface area contributed by atoms with Gasteiger partial charge in [0.1, 0.15) is 0 Å². The predicted octanol–water partition coefficient (Wildman–Crippen LogP) is 2.70. The van der Waals surface area contributed by atoms with Gasteiger partial charge in [-0.1, -0.05) is 6.92 Å². The molecule has 0 bridgehead atoms. The maximum absolute atomic E-state index is 5.67. The van der Waals surface area contributed by atoms with Crippen molar-refractivity contribution in [2.75, 3.05) is 13.1 Å². The van der Waals surface area contributed by atoms with Gasteiger partial charge in [0.25, 0.3) is 0 Å². The fraction of sp³-hybridized carbons (Fsp3) is 0.692. The number of nitrogens with two attached hydrogens (primary N) is 1. The molecule has 1 heterocycles. The lowest BCUT2D eigenvalue weighted by Gasteiger charge is -2.23. The topological polar surface area (TPSA) is 29.3 Å². The van der Waals surface area contributed by atoms with Crippen LogP contribution in [0.5, 0.6) is 0 Å². The molecule has 1 aliphatic carbocycles. The first-order chi connectivity index (χ1) is 7.79. The summed E-state index contributed by atoms with van der Waals surface area (Å²) in [6.45, 7) is 5.40. The van der Waals surface area contributed by atoms with Crippen LogP contribution < -0.4 is 5.73 Å². The molecule has 16 heavy (non-hydrogen) atoms. The summed E-state index contributed by atoms with van der Waals surface area (Å²) in [5, 5.41) is 4.44. The van der Waals surface area contributed by atoms with Crippen molar-refractivity contribution in [3.05, 3.63) is 22.4 Å². The first-order valence-corrected chi connectivity index (χ1v) is 7.19. The fourth-order valence-electron chi connectivity index (χ4n) is 1.95. The van der Waals surface area contributed by atoms with Gasteiger partial charge in [-0.2, -0.15) is 11.3 Å². The molecule has 2 nitrogen and oxygen atoms in total. The van der Waals surface area contributed by atoms with E-state index in [1.807, 2.05) is 0 Å². The van der Waals surface area contributed by atoms with Gasteiger partial charge in [-0.3, -0.25) is 4.90 Å². The maximum atomic E-state index is 5.67. The summed E-state index contributed by atoms with van der Waals surface area (Å²) in [6, 6.07) is 3.09. The zero-order valence-corrected chi connectivity index (χ0v) is 10.9. The van der Waals surface area contributed by atoms with E-state index in [1.165, 1.54) is 31.4 Å². The Labute approximate surface area is 102 Å². The van der Waals surface area contributed by atoms with E-state index in [2.05, 4.69) is 28.7 Å². The minimum atomic E-state index is 0.656. The van der Waals surface area contributed by atoms with E-state index in [0.29, 0.717) is 5.92 Å². The third-order valence-corrected chi connectivity index (χ3v) is 4.07. The first kappa shape index (κ1) is 12.1. The molecule has 0 spiro atoms. The summed E-state index contributed by atoms with van der Waals surface area (Å²) >= 11 is 1.80. The van der Waals surface area contributed by atoms with Gasteiger partial charge in [-0.25, -0.2) is 0 Å². The quantitative estimate of drug-likeness (QED) is 0.791. The molecule has 0 amide bonds. The number of rotatable bonds is 7. The molecular weight excluding hydrogens is 216 g/mol. The van der Waals surface area contributed by atoms with Crippen molar-refractivity contribution in [2.24, 2.45) is 11.7 Å². The van der Waals surface area contributed by atoms with Crippen LogP contribution in [-0.2, 0) is 6.54 Å². The molecule has 1 unspecified atom stereocenters. The van der Waals surface area contributed by atoms with Crippen LogP contribution in [0.1, 0.15) is 31.7 Å². The normalized spacial score (nSPS) is 17.9. The Balaban J connectivity index is 1.81. The summed E-state index contributed by atoms with van der Waals surface area (Å²) in [5.74, 6) is 0.656. The van der Waals surface area contributed by atoms with Crippen LogP contribution >= 0.6 is 11.3 Å². The summed E-state index contributed by atoms with van der Waals surface area (Å²) in [6.07, 6.45) is 4.01. The number of nitrogens with zero attached hydrogens (tertiary/aromatic N) is 1. The average molecular weight is 238 g/mol. The van der Waals surface area contributed by atoms with Crippen LogP contribution in [0, 0.1) is 5.92 Å². The highest BCUT2D eigenvalue weighted by atomic mass is 32.1. The van der Waals surface area contributed by atoms with Crippen LogP contribution in [0.15, 0.2) is 16.8 Å². The Hall–Kier alpha value is -0.380. The van der Waals surface area contributed by atoms with E-state index in [-0.39, 0.29) is 0 Å². The first-order valence-electron chi connectivity index (χ1n) is 6.24. The average Bonchev–Trinajstić information content (AvgIpc) is 3.02. The van der Waals surface area contributed by atoms with Gasteiger partial charge in [0.2, 0.25) is 0 Å². The molecule has 2 rings (SSSR count). The van der Waals surface area contributed by atoms with E-state index in [9.17, 15) is 0 Å². The molecule has 0 radical (unpaired) electrons. The molecule has 90 valence electrons. The minimum Gasteiger partial charge on any atom is -0.330 e. The third kappa shape index (κ3) is 3.58. The van der Waals surface area contributed by atoms with E-state index >= 15 is 0 Å². The molecule has 2 N–H and O–H groups in total. The Kier molecular flexibility index (Phi) is 4.38. The van der Waals surface area contributed by atoms with Crippen LogP contribution in [0.25, 0.3) is 0 Å². The highest BCUT2D eigenvalue weighted by Crippen LogP contribution is 2.29. The number of thiophene rings is 1. The maximum Gasteiger partial charge on any atom is 0.0244 e. The molecule has 0 aromatic carbocycles. The smallest absolute Gasteiger partial charge is 0.0244 e. The zero-order valence-electron chi connectivity index (χ0n) is 10.1. The van der Waals surface area contributed by atoms with E-state index in [4.69, 9.17) is 5.73 Å². The Bertz CT molecular complexity index is 293. The Morgan fingerprint density at radius 1 is 1.56 bits per heavy atom. The second-order valence-electron chi connectivity index (χ2n) is 4.96. The van der Waals surface area contributed by atoms with Gasteiger partial charge in [-0.05, 0) is 60.7 Å². The van der Waals surface area contributed by atoms with Gasteiger partial charge in [-0.15, -0.1) is 0 Å². The number of hydrogen-bond donors (Lipinski definition) is 1. The highest BCUT2D eigenvalue weighted by Gasteiger charge is 2.28. The molecular formula is C13H22N2S. The number of hydrogen-bond acceptors (Lipinski definition) is 3. The van der Waals surface area contributed by atoms with E-state index in [1.54, 1.807) is 11.3 Å². The lowest BCUT2D eigenvalue weighted by Crippen LogP contribution is -2.28. The summed E-state index contributed by atoms with van der Waals surface area (Å²) in [5.41, 5.74) is 7.14. The van der Waals surface area contributed by atoms with Crippen molar-refractivity contribution in [3.63, 3.8) is 0 Å². The van der Waals surface area contributed by atoms with Gasteiger partial charge >= 0.3 is 0 Å². The molecule has 1 saturated carbocycles. The lowest BCUT2D eigenvalue weighted by molar-refractivity contribution is 0.238. The monoisotopic (exact) mass is 238 g/mol. The molecule has 1 aromatic heterocycles. The van der Waals surface area contributed by atoms with Crippen LogP contribution in [0.3, 0.4) is 0 Å². The van der Waals surface area contributed by atoms with Crippen molar-refractivity contribution in [3.8, 4) is 0 Å². The Morgan fingerprint density at radius 3 is 2.94 bits per heavy atom. The van der Waals surface area contributed by atoms with Crippen LogP contribution in [0.4, 0.5) is 0 Å². The van der Waals surface area contributed by atoms with Gasteiger partial charge < -0.3 is 5.73 Å². The van der Waals surface area contributed by atoms with Crippen molar-refractivity contribution in [1.29, 1.82) is 0 Å². The largest absolute Gasteiger partial charge is 0.330 e. The molecule has 1 aliphatic rings. The predicted molar refractivity (Wildman–Crippen MR) is 70.6 cm³/mol. The van der Waals surface area contributed by atoms with Gasteiger partial charge in [0, 0.05) is 12.6 Å². The second-order valence-corrected chi connectivity index (χ2v) is 5.74. The fourth-order valence-corrected chi connectivity index (χ4v) is 2.61. The standard InChI is InChI=1S/C13H22N2S/c1-11(8-14)4-6-15(13-2-3-13)9-12-5-7-16-10-12/h5,7,10-11,13H,2-4,6,8-9,14H2,1H3. The molecule has 1 aromatic rings. The van der Waals surface area contributed by atoms with Crippen molar-refractivity contribution < 1.29 is 0 Å². The summed E-state index contributed by atoms with van der Waals surface area (Å²) < 4.78 is 0. The summed E-state index contributed by atoms with van der Waals surface area (Å²) in [7, 11) is 0. The van der Waals surface area contributed by atoms with Crippen molar-refractivity contribution in [2.45, 2.75) is 38.8 Å². The molecule has 0 aliphatic heterocycles. The molecule has 3 heteroatoms. The van der Waals surface area contributed by atoms with Gasteiger partial charge in [0.05, 0.1) is 0 Å². The minimum absolute atomic E-state index is 0.656. The van der Waals surface area contributed by atoms with Crippen molar-refractivity contribution >= 4 is 11.3 Å². The molecule has 1 atom stereocenters.